The van der Waals surface area contributed by atoms with Crippen LogP contribution < -0.4 is 0 Å². The van der Waals surface area contributed by atoms with Crippen LogP contribution in [0.15, 0.2) is 133 Å². The van der Waals surface area contributed by atoms with E-state index in [1.165, 1.54) is 22.3 Å². The van der Waals surface area contributed by atoms with Crippen LogP contribution in [-0.4, -0.2) is 0 Å². The highest BCUT2D eigenvalue weighted by molar-refractivity contribution is 6.38. The van der Waals surface area contributed by atoms with Crippen LogP contribution in [0, 0.1) is 41.2 Å². The molecule has 14 aliphatic rings. The van der Waals surface area contributed by atoms with E-state index in [-0.39, 0.29) is 34.3 Å². The van der Waals surface area contributed by atoms with Crippen molar-refractivity contribution in [1.29, 1.82) is 0 Å². The summed E-state index contributed by atoms with van der Waals surface area (Å²) in [6.45, 7) is 0. The molecule has 0 bridgehead atoms. The molecule has 0 nitrogen and oxygen atoms in total. The Hall–Kier alpha value is -6.64. The molecule has 0 amide bonds. The lowest BCUT2D eigenvalue weighted by Crippen LogP contribution is -2.46. The quantitative estimate of drug-likeness (QED) is 0.154. The Morgan fingerprint density at radius 1 is 0.380 bits per heavy atom. The fraction of sp³-hybridized carbons (Fsp3) is 0.275. The SMILES string of the molecule is Fc1ccc(C2CC(c3ccccc3)C3C4C=C5CC6=CC7C8c9c%10c%11c%12c%13c%14c%15c%16c(c%17c%14c%14c(c5c6c8c%14c9%13)C%174)C23CC%16=CC(C=C%11CC%102C(c3ccc(F)cc3)CC(c3ccccc3)C72)C%15%12)cc1. The Morgan fingerprint density at radius 3 is 1.23 bits per heavy atom. The number of rotatable bonds is 4. The van der Waals surface area contributed by atoms with Crippen molar-refractivity contribution in [2.45, 2.75) is 84.4 Å². The van der Waals surface area contributed by atoms with Gasteiger partial charge in [0.2, 0.25) is 0 Å². The van der Waals surface area contributed by atoms with Crippen LogP contribution >= 0.6 is 0 Å². The Balaban J connectivity index is 0.944. The maximum atomic E-state index is 15.1. The number of hydrogen-bond acceptors (Lipinski definition) is 0. The van der Waals surface area contributed by atoms with Crippen LogP contribution in [0.25, 0.3) is 54.6 Å². The monoisotopic (exact) mass is 910 g/mol. The summed E-state index contributed by atoms with van der Waals surface area (Å²) in [5, 5.41) is 10.1. The standard InChI is InChI=1S/C69H44F2/c70-37-15-11-30(12-16-37)43-24-39(28-7-3-1-4-8-28)64-41-22-33-19-34-23-42-51-55-46(34)45(33)54-50(41)62-60-56-52-47-32(20-35-26-68(43,64)66(62)48(35)52)21-36-27-69(67-49(36)53(47)57(56)61(63(51)67)59(55)58(54)60)44(31-13-17-38(71)18-14-31)25-40(65(42)69)29-9-5-2-6-10-29/h1-18,20-23,32,39-44,47,50-51,64-65H,19,24-27H2. The lowest BCUT2D eigenvalue weighted by atomic mass is 9.51. The first-order valence-electron chi connectivity index (χ1n) is 27.2. The van der Waals surface area contributed by atoms with Crippen molar-refractivity contribution >= 4 is 54.6 Å². The zero-order valence-corrected chi connectivity index (χ0v) is 38.9. The van der Waals surface area contributed by atoms with Crippen LogP contribution in [0.4, 0.5) is 8.78 Å². The summed E-state index contributed by atoms with van der Waals surface area (Å²) in [5.74, 6) is 4.04. The minimum Gasteiger partial charge on any atom is -0.207 e. The Morgan fingerprint density at radius 2 is 0.789 bits per heavy atom. The second kappa shape index (κ2) is 10.6. The summed E-state index contributed by atoms with van der Waals surface area (Å²) in [6, 6.07) is 39.1. The highest BCUT2D eigenvalue weighted by Gasteiger charge is 2.73. The summed E-state index contributed by atoms with van der Waals surface area (Å²) in [6.07, 6.45) is 16.9. The second-order valence-corrected chi connectivity index (χ2v) is 25.3. The van der Waals surface area contributed by atoms with Gasteiger partial charge in [-0.05, 0) is 247 Å². The molecule has 0 aromatic heterocycles. The molecule has 2 fully saturated rings. The van der Waals surface area contributed by atoms with Crippen molar-refractivity contribution in [1.82, 2.24) is 0 Å². The topological polar surface area (TPSA) is 0 Å². The Labute approximate surface area is 409 Å². The van der Waals surface area contributed by atoms with E-state index in [1.54, 1.807) is 146 Å². The molecule has 0 saturated heterocycles. The second-order valence-electron chi connectivity index (χ2n) is 25.3. The third-order valence-corrected chi connectivity index (χ3v) is 23.7. The zero-order chi connectivity index (χ0) is 45.2. The summed E-state index contributed by atoms with van der Waals surface area (Å²) < 4.78 is 30.2. The average molecular weight is 911 g/mol. The van der Waals surface area contributed by atoms with Gasteiger partial charge in [0.25, 0.3) is 0 Å². The molecular weight excluding hydrogens is 867 g/mol. The minimum atomic E-state index is -0.137. The lowest BCUT2D eigenvalue weighted by molar-refractivity contribution is 0.192. The fourth-order valence-electron chi connectivity index (χ4n) is 22.7. The van der Waals surface area contributed by atoms with Gasteiger partial charge in [0.1, 0.15) is 11.6 Å². The summed E-state index contributed by atoms with van der Waals surface area (Å²) >= 11 is 0. The molecule has 0 heterocycles. The van der Waals surface area contributed by atoms with Crippen LogP contribution in [0.3, 0.4) is 0 Å². The molecule has 8 aromatic rings. The molecule has 334 valence electrons. The van der Waals surface area contributed by atoms with E-state index in [2.05, 4.69) is 109 Å². The van der Waals surface area contributed by atoms with E-state index in [4.69, 9.17) is 0 Å². The molecule has 0 N–H and O–H groups in total. The van der Waals surface area contributed by atoms with Crippen molar-refractivity contribution in [3.05, 3.63) is 234 Å². The molecule has 2 spiro atoms. The molecule has 2 saturated carbocycles. The van der Waals surface area contributed by atoms with Crippen LogP contribution in [0.1, 0.15) is 163 Å². The van der Waals surface area contributed by atoms with Gasteiger partial charge in [0, 0.05) is 34.5 Å². The van der Waals surface area contributed by atoms with Gasteiger partial charge in [0.15, 0.2) is 0 Å². The number of hydrogen-bond donors (Lipinski definition) is 0. The Bertz CT molecular complexity index is 4010. The zero-order valence-electron chi connectivity index (χ0n) is 38.9. The minimum absolute atomic E-state index is 0.0984. The predicted molar refractivity (Wildman–Crippen MR) is 277 cm³/mol. The summed E-state index contributed by atoms with van der Waals surface area (Å²) in [7, 11) is 0. The van der Waals surface area contributed by atoms with E-state index in [1.807, 2.05) is 0 Å². The van der Waals surface area contributed by atoms with Gasteiger partial charge in [-0.25, -0.2) is 8.78 Å². The number of allylic oxidation sites excluding steroid dienone is 8. The molecule has 71 heavy (non-hydrogen) atoms. The van der Waals surface area contributed by atoms with Crippen LogP contribution in [0.5, 0.6) is 0 Å². The number of halogens is 2. The highest BCUT2D eigenvalue weighted by atomic mass is 19.1. The number of fused-ring (bicyclic) bond motifs is 2. The predicted octanol–water partition coefficient (Wildman–Crippen LogP) is 16.1. The van der Waals surface area contributed by atoms with Gasteiger partial charge in [-0.15, -0.1) is 0 Å². The van der Waals surface area contributed by atoms with E-state index >= 15 is 8.78 Å². The highest BCUT2D eigenvalue weighted by Crippen LogP contribution is 2.85. The maximum absolute atomic E-state index is 15.1. The van der Waals surface area contributed by atoms with Crippen molar-refractivity contribution in [2.24, 2.45) is 29.6 Å². The molecule has 0 radical (unpaired) electrons. The van der Waals surface area contributed by atoms with Gasteiger partial charge in [-0.1, -0.05) is 109 Å². The van der Waals surface area contributed by atoms with Gasteiger partial charge in [-0.3, -0.25) is 0 Å². The molecular formula is C69H44F2. The third kappa shape index (κ3) is 3.24. The van der Waals surface area contributed by atoms with Crippen LogP contribution in [0.2, 0.25) is 0 Å². The van der Waals surface area contributed by atoms with Gasteiger partial charge in [0.05, 0.1) is 0 Å². The average Bonchev–Trinajstić information content (AvgIpc) is 4.29. The van der Waals surface area contributed by atoms with E-state index in [0.29, 0.717) is 59.2 Å². The molecule has 12 atom stereocenters. The summed E-state index contributed by atoms with van der Waals surface area (Å²) in [5.41, 5.74) is 32.4. The first-order valence-corrected chi connectivity index (χ1v) is 27.2. The van der Waals surface area contributed by atoms with E-state index in [0.717, 1.165) is 32.1 Å². The fourth-order valence-corrected chi connectivity index (χ4v) is 22.7. The first-order chi connectivity index (χ1) is 35.0. The molecule has 22 rings (SSSR count). The largest absolute Gasteiger partial charge is 0.207 e. The van der Waals surface area contributed by atoms with Crippen molar-refractivity contribution in [3.8, 4) is 0 Å². The van der Waals surface area contributed by atoms with Crippen molar-refractivity contribution in [2.75, 3.05) is 0 Å². The van der Waals surface area contributed by atoms with E-state index < -0.39 is 0 Å². The Kier molecular flexibility index (Phi) is 5.30. The summed E-state index contributed by atoms with van der Waals surface area (Å²) in [4.78, 5) is 0. The normalized spacial score (nSPS) is 36.5. The third-order valence-electron chi connectivity index (χ3n) is 23.7. The van der Waals surface area contributed by atoms with Crippen LogP contribution in [-0.2, 0) is 10.8 Å². The molecule has 12 unspecified atom stereocenters. The molecule has 2 heteroatoms. The number of benzene rings is 8. The molecule has 0 aliphatic heterocycles. The van der Waals surface area contributed by atoms with E-state index in [9.17, 15) is 0 Å². The lowest BCUT2D eigenvalue weighted by Gasteiger charge is -2.52. The first kappa shape index (κ1) is 35.5. The molecule has 14 aliphatic carbocycles. The van der Waals surface area contributed by atoms with Gasteiger partial charge >= 0.3 is 0 Å². The maximum Gasteiger partial charge on any atom is 0.123 e. The van der Waals surface area contributed by atoms with Gasteiger partial charge < -0.3 is 0 Å². The van der Waals surface area contributed by atoms with Gasteiger partial charge in [-0.2, -0.15) is 0 Å². The van der Waals surface area contributed by atoms with Crippen molar-refractivity contribution < 1.29 is 8.78 Å². The smallest absolute Gasteiger partial charge is 0.123 e. The van der Waals surface area contributed by atoms with Crippen molar-refractivity contribution in [3.63, 3.8) is 0 Å². The molecule has 8 aromatic carbocycles.